The molecule has 1 N–H and O–H groups in total. The van der Waals surface area contributed by atoms with Crippen molar-refractivity contribution in [3.8, 4) is 5.75 Å². The Bertz CT molecular complexity index is 670. The number of likely N-dealkylation sites (N-methyl/N-ethyl adjacent to an activating group) is 2. The number of benzene rings is 1. The van der Waals surface area contributed by atoms with Gasteiger partial charge in [0.05, 0.1) is 12.6 Å². The molecule has 5 heteroatoms. The van der Waals surface area contributed by atoms with Gasteiger partial charge < -0.3 is 19.4 Å². The number of para-hydroxylation sites is 1. The summed E-state index contributed by atoms with van der Waals surface area (Å²) in [7, 11) is 4.40. The average Bonchev–Trinajstić information content (AvgIpc) is 3.01. The molecule has 5 nitrogen and oxygen atoms in total. The molecular weight excluding hydrogens is 302 g/mol. The molecule has 2 aromatic rings. The van der Waals surface area contributed by atoms with Crippen molar-refractivity contribution in [2.75, 3.05) is 46.9 Å². The average molecular weight is 331 g/mol. The first kappa shape index (κ1) is 17.3. The third-order valence-corrected chi connectivity index (χ3v) is 4.89. The lowest BCUT2D eigenvalue weighted by Crippen LogP contribution is -2.53. The third-order valence-electron chi connectivity index (χ3n) is 4.89. The minimum atomic E-state index is 0.174. The van der Waals surface area contributed by atoms with Crippen molar-refractivity contribution < 1.29 is 9.15 Å². The maximum absolute atomic E-state index is 6.09. The smallest absolute Gasteiger partial charge is 0.176 e. The predicted molar refractivity (Wildman–Crippen MR) is 97.7 cm³/mol. The van der Waals surface area contributed by atoms with E-state index in [4.69, 9.17) is 9.15 Å². The van der Waals surface area contributed by atoms with Gasteiger partial charge in [0.15, 0.2) is 11.3 Å². The summed E-state index contributed by atoms with van der Waals surface area (Å²) in [6.07, 6.45) is 0. The van der Waals surface area contributed by atoms with Crippen molar-refractivity contribution in [3.05, 3.63) is 30.0 Å². The van der Waals surface area contributed by atoms with E-state index in [2.05, 4.69) is 48.3 Å². The van der Waals surface area contributed by atoms with Crippen LogP contribution in [0.25, 0.3) is 11.0 Å². The lowest BCUT2D eigenvalue weighted by atomic mass is 10.1. The zero-order valence-corrected chi connectivity index (χ0v) is 15.2. The SMILES string of the molecule is CCOc1cccc2cc(C(C)NCC3CN(C)CCN3C)oc12. The summed E-state index contributed by atoms with van der Waals surface area (Å²) in [5.74, 6) is 1.78. The van der Waals surface area contributed by atoms with Gasteiger partial charge in [0, 0.05) is 37.6 Å². The van der Waals surface area contributed by atoms with E-state index in [0.717, 1.165) is 48.7 Å². The Labute approximate surface area is 144 Å². The van der Waals surface area contributed by atoms with Crippen LogP contribution in [0, 0.1) is 0 Å². The topological polar surface area (TPSA) is 40.9 Å². The molecule has 0 bridgehead atoms. The van der Waals surface area contributed by atoms with Crippen molar-refractivity contribution in [2.45, 2.75) is 25.9 Å². The van der Waals surface area contributed by atoms with Gasteiger partial charge in [0.25, 0.3) is 0 Å². The van der Waals surface area contributed by atoms with E-state index in [0.29, 0.717) is 12.6 Å². The van der Waals surface area contributed by atoms with Gasteiger partial charge in [-0.2, -0.15) is 0 Å². The Morgan fingerprint density at radius 1 is 1.33 bits per heavy atom. The van der Waals surface area contributed by atoms with Gasteiger partial charge in [-0.15, -0.1) is 0 Å². The van der Waals surface area contributed by atoms with Crippen molar-refractivity contribution in [1.82, 2.24) is 15.1 Å². The molecule has 1 aliphatic heterocycles. The van der Waals surface area contributed by atoms with E-state index in [9.17, 15) is 0 Å². The van der Waals surface area contributed by atoms with Gasteiger partial charge in [-0.1, -0.05) is 12.1 Å². The lowest BCUT2D eigenvalue weighted by Gasteiger charge is -2.38. The van der Waals surface area contributed by atoms with E-state index < -0.39 is 0 Å². The van der Waals surface area contributed by atoms with Crippen LogP contribution in [0.5, 0.6) is 5.75 Å². The standard InChI is InChI=1S/C19H29N3O2/c1-5-23-17-8-6-7-15-11-18(24-19(15)17)14(2)20-12-16-13-21(3)9-10-22(16)4/h6-8,11,14,16,20H,5,9-10,12-13H2,1-4H3. The summed E-state index contributed by atoms with van der Waals surface area (Å²) in [4.78, 5) is 4.83. The lowest BCUT2D eigenvalue weighted by molar-refractivity contribution is 0.111. The Morgan fingerprint density at radius 3 is 2.96 bits per heavy atom. The second-order valence-corrected chi connectivity index (χ2v) is 6.78. The minimum absolute atomic E-state index is 0.174. The molecule has 3 rings (SSSR count). The zero-order valence-electron chi connectivity index (χ0n) is 15.2. The van der Waals surface area contributed by atoms with Crippen molar-refractivity contribution in [3.63, 3.8) is 0 Å². The number of rotatable bonds is 6. The highest BCUT2D eigenvalue weighted by Crippen LogP contribution is 2.31. The highest BCUT2D eigenvalue weighted by molar-refractivity contribution is 5.83. The van der Waals surface area contributed by atoms with Crippen LogP contribution in [0.3, 0.4) is 0 Å². The van der Waals surface area contributed by atoms with Crippen LogP contribution in [-0.4, -0.2) is 62.7 Å². The molecule has 1 fully saturated rings. The Balaban J connectivity index is 1.67. The normalized spacial score (nSPS) is 21.2. The largest absolute Gasteiger partial charge is 0.490 e. The maximum atomic E-state index is 6.09. The summed E-state index contributed by atoms with van der Waals surface area (Å²) < 4.78 is 11.8. The first-order chi connectivity index (χ1) is 11.6. The fraction of sp³-hybridized carbons (Fsp3) is 0.579. The van der Waals surface area contributed by atoms with Gasteiger partial charge in [0.1, 0.15) is 5.76 Å². The summed E-state index contributed by atoms with van der Waals surface area (Å²) in [5, 5.41) is 4.73. The quantitative estimate of drug-likeness (QED) is 0.881. The third kappa shape index (κ3) is 3.74. The number of fused-ring (bicyclic) bond motifs is 1. The molecule has 0 amide bonds. The highest BCUT2D eigenvalue weighted by Gasteiger charge is 2.23. The molecule has 2 heterocycles. The first-order valence-corrected chi connectivity index (χ1v) is 8.86. The van der Waals surface area contributed by atoms with Crippen molar-refractivity contribution >= 4 is 11.0 Å². The van der Waals surface area contributed by atoms with Crippen LogP contribution in [0.15, 0.2) is 28.7 Å². The minimum Gasteiger partial charge on any atom is -0.490 e. The zero-order chi connectivity index (χ0) is 17.1. The molecule has 1 saturated heterocycles. The predicted octanol–water partition coefficient (Wildman–Crippen LogP) is 2.73. The number of ether oxygens (including phenoxy) is 1. The van der Waals surface area contributed by atoms with Crippen LogP contribution in [0.2, 0.25) is 0 Å². The van der Waals surface area contributed by atoms with Gasteiger partial charge in [-0.05, 0) is 40.1 Å². The van der Waals surface area contributed by atoms with Crippen LogP contribution in [0.4, 0.5) is 0 Å². The molecule has 132 valence electrons. The fourth-order valence-corrected chi connectivity index (χ4v) is 3.27. The van der Waals surface area contributed by atoms with E-state index in [-0.39, 0.29) is 6.04 Å². The second-order valence-electron chi connectivity index (χ2n) is 6.78. The monoisotopic (exact) mass is 331 g/mol. The summed E-state index contributed by atoms with van der Waals surface area (Å²) in [6.45, 7) is 9.12. The van der Waals surface area contributed by atoms with Crippen molar-refractivity contribution in [2.24, 2.45) is 0 Å². The summed E-state index contributed by atoms with van der Waals surface area (Å²) in [6, 6.07) is 8.87. The number of nitrogens with zero attached hydrogens (tertiary/aromatic N) is 2. The van der Waals surface area contributed by atoms with Crippen LogP contribution >= 0.6 is 0 Å². The van der Waals surface area contributed by atoms with Gasteiger partial charge in [0.2, 0.25) is 0 Å². The number of piperazine rings is 1. The second kappa shape index (κ2) is 7.55. The molecule has 0 spiro atoms. The fourth-order valence-electron chi connectivity index (χ4n) is 3.27. The number of nitrogens with one attached hydrogen (secondary N) is 1. The van der Waals surface area contributed by atoms with Gasteiger partial charge in [-0.3, -0.25) is 4.90 Å². The van der Waals surface area contributed by atoms with E-state index in [1.165, 1.54) is 0 Å². The van der Waals surface area contributed by atoms with Crippen LogP contribution in [-0.2, 0) is 0 Å². The maximum Gasteiger partial charge on any atom is 0.176 e. The molecule has 24 heavy (non-hydrogen) atoms. The molecular formula is C19H29N3O2. The Hall–Kier alpha value is -1.56. The van der Waals surface area contributed by atoms with E-state index in [1.807, 2.05) is 19.1 Å². The van der Waals surface area contributed by atoms with Gasteiger partial charge >= 0.3 is 0 Å². The molecule has 1 aromatic carbocycles. The Kier molecular flexibility index (Phi) is 5.43. The summed E-state index contributed by atoms with van der Waals surface area (Å²) >= 11 is 0. The number of furan rings is 1. The molecule has 0 saturated carbocycles. The van der Waals surface area contributed by atoms with Gasteiger partial charge in [-0.25, -0.2) is 0 Å². The highest BCUT2D eigenvalue weighted by atomic mass is 16.5. The molecule has 0 radical (unpaired) electrons. The van der Waals surface area contributed by atoms with Crippen LogP contribution in [0.1, 0.15) is 25.6 Å². The van der Waals surface area contributed by atoms with Crippen LogP contribution < -0.4 is 10.1 Å². The molecule has 0 aliphatic carbocycles. The molecule has 2 atom stereocenters. The first-order valence-electron chi connectivity index (χ1n) is 8.86. The number of hydrogen-bond donors (Lipinski definition) is 1. The number of hydrogen-bond acceptors (Lipinski definition) is 5. The van der Waals surface area contributed by atoms with E-state index >= 15 is 0 Å². The molecule has 2 unspecified atom stereocenters. The van der Waals surface area contributed by atoms with Crippen molar-refractivity contribution in [1.29, 1.82) is 0 Å². The Morgan fingerprint density at radius 2 is 2.17 bits per heavy atom. The molecule has 1 aromatic heterocycles. The summed E-state index contributed by atoms with van der Waals surface area (Å²) in [5.41, 5.74) is 0.845. The molecule has 1 aliphatic rings. The van der Waals surface area contributed by atoms with E-state index in [1.54, 1.807) is 0 Å².